The maximum Gasteiger partial charge on any atom is 0.165 e. The number of nitrogens with zero attached hydrogens (tertiary/aromatic N) is 4. The number of aliphatic imine (C=N–C) groups is 1. The van der Waals surface area contributed by atoms with Crippen molar-refractivity contribution in [2.24, 2.45) is 4.99 Å². The van der Waals surface area contributed by atoms with Gasteiger partial charge in [-0.15, -0.1) is 10.2 Å². The van der Waals surface area contributed by atoms with Crippen molar-refractivity contribution in [1.29, 1.82) is 0 Å². The summed E-state index contributed by atoms with van der Waals surface area (Å²) in [6.45, 7) is 1.99. The summed E-state index contributed by atoms with van der Waals surface area (Å²) in [7, 11) is 0. The quantitative estimate of drug-likeness (QED) is 0.573. The molecule has 0 saturated heterocycles. The first-order valence-corrected chi connectivity index (χ1v) is 9.33. The largest absolute Gasteiger partial charge is 0.280 e. The van der Waals surface area contributed by atoms with Crippen molar-refractivity contribution < 1.29 is 0 Å². The summed E-state index contributed by atoms with van der Waals surface area (Å²) in [6, 6.07) is 14.1. The summed E-state index contributed by atoms with van der Waals surface area (Å²) in [5.41, 5.74) is 3.92. The maximum atomic E-state index is 6.08. The second-order valence-electron chi connectivity index (χ2n) is 6.57. The number of rotatable bonds is 1. The molecule has 2 aromatic carbocycles. The molecule has 0 amide bonds. The van der Waals surface area contributed by atoms with Gasteiger partial charge in [0.15, 0.2) is 5.82 Å². The van der Waals surface area contributed by atoms with E-state index in [-0.39, 0.29) is 5.54 Å². The van der Waals surface area contributed by atoms with Crippen LogP contribution in [0.2, 0.25) is 5.02 Å². The Bertz CT molecular complexity index is 1030. The van der Waals surface area contributed by atoms with Gasteiger partial charge in [-0.1, -0.05) is 39.7 Å². The van der Waals surface area contributed by atoms with Crippen LogP contribution in [0.5, 0.6) is 0 Å². The molecule has 25 heavy (non-hydrogen) atoms. The van der Waals surface area contributed by atoms with E-state index in [9.17, 15) is 0 Å². The predicted octanol–water partition coefficient (Wildman–Crippen LogP) is 4.83. The first-order chi connectivity index (χ1) is 12.1. The van der Waals surface area contributed by atoms with Crippen molar-refractivity contribution in [3.8, 4) is 5.69 Å². The smallest absolute Gasteiger partial charge is 0.165 e. The van der Waals surface area contributed by atoms with Gasteiger partial charge in [0.05, 0.1) is 11.4 Å². The van der Waals surface area contributed by atoms with Gasteiger partial charge in [0.25, 0.3) is 0 Å². The van der Waals surface area contributed by atoms with Crippen LogP contribution < -0.4 is 0 Å². The van der Waals surface area contributed by atoms with Crippen LogP contribution in [0.15, 0.2) is 51.9 Å². The third kappa shape index (κ3) is 2.29. The van der Waals surface area contributed by atoms with Gasteiger partial charge in [0.1, 0.15) is 11.4 Å². The molecule has 4 nitrogen and oxygen atoms in total. The summed E-state index contributed by atoms with van der Waals surface area (Å²) in [5, 5.41) is 9.51. The second kappa shape index (κ2) is 5.26. The average molecular weight is 414 g/mol. The Kier molecular flexibility index (Phi) is 3.21. The van der Waals surface area contributed by atoms with Gasteiger partial charge in [-0.2, -0.15) is 0 Å². The highest BCUT2D eigenvalue weighted by Gasteiger charge is 2.51. The fourth-order valence-electron chi connectivity index (χ4n) is 3.45. The van der Waals surface area contributed by atoms with E-state index in [0.29, 0.717) is 0 Å². The zero-order chi connectivity index (χ0) is 17.2. The zero-order valence-electron chi connectivity index (χ0n) is 13.5. The first-order valence-electron chi connectivity index (χ1n) is 8.16. The number of hydrogen-bond acceptors (Lipinski definition) is 3. The Morgan fingerprint density at radius 3 is 2.56 bits per heavy atom. The molecule has 1 aromatic heterocycles. The van der Waals surface area contributed by atoms with Gasteiger partial charge < -0.3 is 0 Å². The molecule has 0 unspecified atom stereocenters. The fraction of sp³-hybridized carbons (Fsp3) is 0.211. The average Bonchev–Trinajstić information content (AvgIpc) is 3.30. The number of benzene rings is 2. The van der Waals surface area contributed by atoms with Crippen molar-refractivity contribution in [3.05, 3.63) is 74.7 Å². The highest BCUT2D eigenvalue weighted by atomic mass is 79.9. The lowest BCUT2D eigenvalue weighted by atomic mass is 10.0. The molecule has 3 aromatic rings. The molecular formula is C19H14BrClN4. The van der Waals surface area contributed by atoms with E-state index in [2.05, 4.69) is 42.8 Å². The lowest BCUT2D eigenvalue weighted by Crippen LogP contribution is -2.11. The van der Waals surface area contributed by atoms with E-state index in [0.717, 1.165) is 56.5 Å². The lowest BCUT2D eigenvalue weighted by Gasteiger charge is -2.13. The number of aromatic nitrogens is 3. The topological polar surface area (TPSA) is 43.1 Å². The number of aryl methyl sites for hydroxylation is 1. The predicted molar refractivity (Wildman–Crippen MR) is 102 cm³/mol. The minimum Gasteiger partial charge on any atom is -0.280 e. The fourth-order valence-corrected chi connectivity index (χ4v) is 3.94. The summed E-state index contributed by atoms with van der Waals surface area (Å²) < 4.78 is 3.17. The molecule has 5 rings (SSSR count). The Labute approximate surface area is 158 Å². The van der Waals surface area contributed by atoms with E-state index in [1.165, 1.54) is 0 Å². The number of halogens is 2. The first kappa shape index (κ1) is 15.3. The Balaban J connectivity index is 1.84. The molecule has 0 bridgehead atoms. The molecule has 1 saturated carbocycles. The molecule has 6 heteroatoms. The maximum absolute atomic E-state index is 6.08. The summed E-state index contributed by atoms with van der Waals surface area (Å²) >= 11 is 9.69. The van der Waals surface area contributed by atoms with Gasteiger partial charge in [-0.05, 0) is 50.1 Å². The molecule has 0 N–H and O–H groups in total. The van der Waals surface area contributed by atoms with Gasteiger partial charge in [0, 0.05) is 20.6 Å². The van der Waals surface area contributed by atoms with Gasteiger partial charge in [-0.25, -0.2) is 0 Å². The monoisotopic (exact) mass is 412 g/mol. The highest BCUT2D eigenvalue weighted by Crippen LogP contribution is 2.51. The van der Waals surface area contributed by atoms with Crippen molar-refractivity contribution in [2.75, 3.05) is 0 Å². The van der Waals surface area contributed by atoms with Crippen LogP contribution in [0.25, 0.3) is 5.69 Å². The Morgan fingerprint density at radius 2 is 1.84 bits per heavy atom. The van der Waals surface area contributed by atoms with Gasteiger partial charge in [0.2, 0.25) is 0 Å². The molecule has 2 aliphatic rings. The van der Waals surface area contributed by atoms with Crippen LogP contribution in [0.3, 0.4) is 0 Å². The molecule has 2 heterocycles. The molecule has 1 fully saturated rings. The van der Waals surface area contributed by atoms with Crippen LogP contribution >= 0.6 is 27.5 Å². The molecular weight excluding hydrogens is 400 g/mol. The van der Waals surface area contributed by atoms with Crippen molar-refractivity contribution in [3.63, 3.8) is 0 Å². The van der Waals surface area contributed by atoms with Crippen molar-refractivity contribution >= 4 is 33.2 Å². The van der Waals surface area contributed by atoms with E-state index in [4.69, 9.17) is 16.6 Å². The normalized spacial score (nSPS) is 16.8. The number of hydrogen-bond donors (Lipinski definition) is 0. The Morgan fingerprint density at radius 1 is 1.08 bits per heavy atom. The van der Waals surface area contributed by atoms with E-state index >= 15 is 0 Å². The number of fused-ring (bicyclic) bond motifs is 4. The van der Waals surface area contributed by atoms with Gasteiger partial charge in [-0.3, -0.25) is 9.56 Å². The van der Waals surface area contributed by atoms with E-state index < -0.39 is 0 Å². The molecule has 1 spiro atoms. The molecule has 0 atom stereocenters. The van der Waals surface area contributed by atoms with Crippen molar-refractivity contribution in [2.45, 2.75) is 25.3 Å². The van der Waals surface area contributed by atoms with E-state index in [1.54, 1.807) is 0 Å². The highest BCUT2D eigenvalue weighted by molar-refractivity contribution is 9.10. The zero-order valence-corrected chi connectivity index (χ0v) is 15.8. The standard InChI is InChI=1S/C19H14BrClN4/c1-11-23-24-18-19(8-9-19)22-17(12-2-5-14(21)6-3-12)15-10-13(20)4-7-16(15)25(11)18/h2-7,10H,8-9H2,1H3. The third-order valence-corrected chi connectivity index (χ3v) is 5.61. The van der Waals surface area contributed by atoms with Crippen LogP contribution in [0, 0.1) is 6.92 Å². The molecule has 124 valence electrons. The van der Waals surface area contributed by atoms with Crippen molar-refractivity contribution in [1.82, 2.24) is 14.8 Å². The lowest BCUT2D eigenvalue weighted by molar-refractivity contribution is 0.659. The summed E-state index contributed by atoms with van der Waals surface area (Å²) in [6.07, 6.45) is 1.99. The minimum absolute atomic E-state index is 0.262. The van der Waals surface area contributed by atoms with Crippen LogP contribution in [0.4, 0.5) is 0 Å². The van der Waals surface area contributed by atoms with Crippen LogP contribution in [-0.2, 0) is 5.54 Å². The Hall–Kier alpha value is -1.98. The SMILES string of the molecule is Cc1nnc2n1-c1ccc(Br)cc1C(c1ccc(Cl)cc1)=NC21CC1. The van der Waals surface area contributed by atoms with E-state index in [1.807, 2.05) is 37.3 Å². The molecule has 0 radical (unpaired) electrons. The van der Waals surface area contributed by atoms with Crippen LogP contribution in [-0.4, -0.2) is 20.5 Å². The second-order valence-corrected chi connectivity index (χ2v) is 7.92. The third-order valence-electron chi connectivity index (χ3n) is 4.86. The summed E-state index contributed by atoms with van der Waals surface area (Å²) in [5.74, 6) is 1.83. The van der Waals surface area contributed by atoms with Gasteiger partial charge >= 0.3 is 0 Å². The minimum atomic E-state index is -0.262. The molecule has 1 aliphatic heterocycles. The van der Waals surface area contributed by atoms with Crippen LogP contribution in [0.1, 0.15) is 35.6 Å². The molecule has 1 aliphatic carbocycles. The summed E-state index contributed by atoms with van der Waals surface area (Å²) in [4.78, 5) is 5.19.